The Hall–Kier alpha value is -2.68. The van der Waals surface area contributed by atoms with E-state index in [1.807, 2.05) is 0 Å². The summed E-state index contributed by atoms with van der Waals surface area (Å²) in [6.45, 7) is 3.56. The third kappa shape index (κ3) is 3.80. The van der Waals surface area contributed by atoms with Crippen LogP contribution in [0.1, 0.15) is 35.7 Å². The monoisotopic (exact) mass is 352 g/mol. The highest BCUT2D eigenvalue weighted by molar-refractivity contribution is 7.90. The van der Waals surface area contributed by atoms with E-state index in [0.717, 1.165) is 12.3 Å². The lowest BCUT2D eigenvalue weighted by Crippen LogP contribution is -2.10. The fraction of sp³-hybridized carbons (Fsp3) is 0.267. The average Bonchev–Trinajstić information content (AvgIpc) is 2.47. The van der Waals surface area contributed by atoms with Crippen LogP contribution in [0.4, 0.5) is 0 Å². The van der Waals surface area contributed by atoms with E-state index in [4.69, 9.17) is 4.74 Å². The molecule has 24 heavy (non-hydrogen) atoms. The molecule has 0 aliphatic rings. The number of ether oxygens (including phenoxy) is 1. The molecule has 1 aromatic heterocycles. The van der Waals surface area contributed by atoms with Crippen molar-refractivity contribution < 1.29 is 23.1 Å². The number of nitrogens with zero attached hydrogens (tertiary/aromatic N) is 1. The van der Waals surface area contributed by atoms with Gasteiger partial charge in [0, 0.05) is 18.4 Å². The highest BCUT2D eigenvalue weighted by Crippen LogP contribution is 2.34. The number of carboxylic acids is 1. The number of H-pyrrole nitrogens is 1. The lowest BCUT2D eigenvalue weighted by Gasteiger charge is -2.15. The zero-order valence-corrected chi connectivity index (χ0v) is 14.0. The summed E-state index contributed by atoms with van der Waals surface area (Å²) < 4.78 is 29.5. The number of carbonyl (C=O) groups is 1. The van der Waals surface area contributed by atoms with Gasteiger partial charge in [-0.05, 0) is 23.6 Å². The van der Waals surface area contributed by atoms with Crippen molar-refractivity contribution in [3.05, 3.63) is 45.7 Å². The first-order valence-electron chi connectivity index (χ1n) is 6.94. The van der Waals surface area contributed by atoms with Crippen LogP contribution in [0.25, 0.3) is 0 Å². The Morgan fingerprint density at radius 1 is 1.29 bits per heavy atom. The zero-order chi connectivity index (χ0) is 18.1. The van der Waals surface area contributed by atoms with Gasteiger partial charge in [0.2, 0.25) is 5.88 Å². The molecule has 0 aliphatic heterocycles. The Kier molecular flexibility index (Phi) is 4.74. The standard InChI is InChI=1S/C15H16N2O6S/c1-8(2)9-6-11(23-14-5-4-13(18)16-17-14)12(24(3,21)22)7-10(9)15(19)20/h4-8H,1-3H3,(H,16,18)(H,19,20). The highest BCUT2D eigenvalue weighted by atomic mass is 32.2. The van der Waals surface area contributed by atoms with Gasteiger partial charge in [0.25, 0.3) is 5.56 Å². The maximum Gasteiger partial charge on any atom is 0.336 e. The fourth-order valence-electron chi connectivity index (χ4n) is 2.11. The second-order valence-corrected chi connectivity index (χ2v) is 7.46. The van der Waals surface area contributed by atoms with E-state index in [2.05, 4.69) is 10.2 Å². The predicted octanol–water partition coefficient (Wildman–Crippen LogP) is 1.79. The van der Waals surface area contributed by atoms with Crippen molar-refractivity contribution >= 4 is 15.8 Å². The van der Waals surface area contributed by atoms with E-state index in [1.54, 1.807) is 13.8 Å². The Morgan fingerprint density at radius 2 is 1.96 bits per heavy atom. The molecule has 1 aromatic carbocycles. The molecule has 0 bridgehead atoms. The quantitative estimate of drug-likeness (QED) is 0.840. The van der Waals surface area contributed by atoms with E-state index in [9.17, 15) is 23.1 Å². The molecule has 0 aliphatic carbocycles. The number of aromatic nitrogens is 2. The van der Waals surface area contributed by atoms with Crippen molar-refractivity contribution in [1.82, 2.24) is 10.2 Å². The Bertz CT molecular complexity index is 926. The van der Waals surface area contributed by atoms with E-state index in [1.165, 1.54) is 18.2 Å². The molecule has 0 unspecified atom stereocenters. The summed E-state index contributed by atoms with van der Waals surface area (Å²) in [6, 6.07) is 4.91. The second-order valence-electron chi connectivity index (χ2n) is 5.48. The first-order valence-corrected chi connectivity index (χ1v) is 8.83. The minimum absolute atomic E-state index is 0.0164. The fourth-order valence-corrected chi connectivity index (χ4v) is 2.91. The van der Waals surface area contributed by atoms with E-state index >= 15 is 0 Å². The first-order chi connectivity index (χ1) is 11.1. The van der Waals surface area contributed by atoms with Crippen LogP contribution in [0.5, 0.6) is 11.6 Å². The molecule has 1 heterocycles. The Morgan fingerprint density at radius 3 is 2.42 bits per heavy atom. The molecule has 0 radical (unpaired) electrons. The summed E-state index contributed by atoms with van der Waals surface area (Å²) in [5, 5.41) is 15.2. The van der Waals surface area contributed by atoms with Crippen molar-refractivity contribution in [1.29, 1.82) is 0 Å². The molecule has 128 valence electrons. The van der Waals surface area contributed by atoms with Crippen LogP contribution in [-0.2, 0) is 9.84 Å². The summed E-state index contributed by atoms with van der Waals surface area (Å²) >= 11 is 0. The van der Waals surface area contributed by atoms with Crippen molar-refractivity contribution in [3.8, 4) is 11.6 Å². The summed E-state index contributed by atoms with van der Waals surface area (Å²) in [6.07, 6.45) is 0.955. The molecular formula is C15H16N2O6S. The van der Waals surface area contributed by atoms with Crippen LogP contribution in [-0.4, -0.2) is 35.9 Å². The van der Waals surface area contributed by atoms with Crippen LogP contribution < -0.4 is 10.3 Å². The molecule has 0 fully saturated rings. The molecule has 2 N–H and O–H groups in total. The molecule has 0 atom stereocenters. The van der Waals surface area contributed by atoms with Crippen LogP contribution in [0.2, 0.25) is 0 Å². The highest BCUT2D eigenvalue weighted by Gasteiger charge is 2.23. The maximum atomic E-state index is 12.0. The number of hydrogen-bond acceptors (Lipinski definition) is 6. The minimum Gasteiger partial charge on any atom is -0.478 e. The number of benzene rings is 1. The number of hydrogen-bond donors (Lipinski definition) is 2. The van der Waals surface area contributed by atoms with E-state index in [0.29, 0.717) is 5.56 Å². The minimum atomic E-state index is -3.75. The molecular weight excluding hydrogens is 336 g/mol. The number of sulfone groups is 1. The lowest BCUT2D eigenvalue weighted by molar-refractivity contribution is 0.0695. The van der Waals surface area contributed by atoms with Gasteiger partial charge >= 0.3 is 5.97 Å². The number of rotatable bonds is 5. The number of carboxylic acid groups (broad SMARTS) is 1. The molecule has 2 aromatic rings. The molecule has 0 saturated carbocycles. The van der Waals surface area contributed by atoms with Gasteiger partial charge in [0.15, 0.2) is 9.84 Å². The lowest BCUT2D eigenvalue weighted by atomic mass is 9.97. The van der Waals surface area contributed by atoms with E-state index < -0.39 is 21.4 Å². The number of aromatic amines is 1. The summed E-state index contributed by atoms with van der Waals surface area (Å²) in [7, 11) is -3.75. The molecule has 8 nitrogen and oxygen atoms in total. The summed E-state index contributed by atoms with van der Waals surface area (Å²) in [5.41, 5.74) is -0.115. The summed E-state index contributed by atoms with van der Waals surface area (Å²) in [4.78, 5) is 22.2. The maximum absolute atomic E-state index is 12.0. The first kappa shape index (κ1) is 17.7. The van der Waals surface area contributed by atoms with Crippen molar-refractivity contribution in [2.75, 3.05) is 6.26 Å². The average molecular weight is 352 g/mol. The van der Waals surface area contributed by atoms with E-state index in [-0.39, 0.29) is 28.0 Å². The number of aromatic carboxylic acids is 1. The van der Waals surface area contributed by atoms with Crippen LogP contribution >= 0.6 is 0 Å². The third-order valence-corrected chi connectivity index (χ3v) is 4.35. The van der Waals surface area contributed by atoms with Crippen LogP contribution in [0, 0.1) is 0 Å². The summed E-state index contributed by atoms with van der Waals surface area (Å²) in [5.74, 6) is -1.46. The molecule has 9 heteroatoms. The predicted molar refractivity (Wildman–Crippen MR) is 85.5 cm³/mol. The SMILES string of the molecule is CC(C)c1cc(Oc2ccc(=O)[nH]n2)c(S(C)(=O)=O)cc1C(=O)O. The normalized spacial score (nSPS) is 11.5. The van der Waals surface area contributed by atoms with Gasteiger partial charge in [0.1, 0.15) is 10.6 Å². The Balaban J connectivity index is 2.67. The largest absolute Gasteiger partial charge is 0.478 e. The Labute approximate surface area is 138 Å². The van der Waals surface area contributed by atoms with Gasteiger partial charge in [-0.2, -0.15) is 0 Å². The van der Waals surface area contributed by atoms with Gasteiger partial charge in [-0.25, -0.2) is 18.3 Å². The van der Waals surface area contributed by atoms with Gasteiger partial charge in [-0.3, -0.25) is 4.79 Å². The van der Waals surface area contributed by atoms with Crippen LogP contribution in [0.3, 0.4) is 0 Å². The topological polar surface area (TPSA) is 126 Å². The molecule has 0 saturated heterocycles. The molecule has 2 rings (SSSR count). The van der Waals surface area contributed by atoms with Gasteiger partial charge in [-0.15, -0.1) is 5.10 Å². The van der Waals surface area contributed by atoms with Crippen molar-refractivity contribution in [2.24, 2.45) is 0 Å². The van der Waals surface area contributed by atoms with Crippen LogP contribution in [0.15, 0.2) is 34.0 Å². The third-order valence-electron chi connectivity index (χ3n) is 3.24. The second kappa shape index (κ2) is 6.44. The van der Waals surface area contributed by atoms with Gasteiger partial charge < -0.3 is 9.84 Å². The number of nitrogens with one attached hydrogen (secondary N) is 1. The molecule has 0 spiro atoms. The van der Waals surface area contributed by atoms with Gasteiger partial charge in [0.05, 0.1) is 5.56 Å². The van der Waals surface area contributed by atoms with Crippen molar-refractivity contribution in [2.45, 2.75) is 24.7 Å². The molecule has 0 amide bonds. The zero-order valence-electron chi connectivity index (χ0n) is 13.2. The smallest absolute Gasteiger partial charge is 0.336 e. The van der Waals surface area contributed by atoms with Gasteiger partial charge in [-0.1, -0.05) is 13.8 Å². The van der Waals surface area contributed by atoms with Crippen molar-refractivity contribution in [3.63, 3.8) is 0 Å².